The first-order valence-corrected chi connectivity index (χ1v) is 4.60. The summed E-state index contributed by atoms with van der Waals surface area (Å²) in [5, 5.41) is 0. The summed E-state index contributed by atoms with van der Waals surface area (Å²) in [6.45, 7) is 9.29. The third kappa shape index (κ3) is 2.66. The molecule has 1 rings (SSSR count). The SMILES string of the molecule is CC1=CCCN(C(C)C)CC1. The van der Waals surface area contributed by atoms with Crippen molar-refractivity contribution in [3.05, 3.63) is 11.6 Å². The van der Waals surface area contributed by atoms with E-state index >= 15 is 0 Å². The summed E-state index contributed by atoms with van der Waals surface area (Å²) in [6, 6.07) is 0.717. The van der Waals surface area contributed by atoms with Gasteiger partial charge in [0.15, 0.2) is 0 Å². The van der Waals surface area contributed by atoms with E-state index in [9.17, 15) is 0 Å². The fraction of sp³-hybridized carbons (Fsp3) is 0.800. The maximum Gasteiger partial charge on any atom is 0.00388 e. The minimum absolute atomic E-state index is 0.717. The summed E-state index contributed by atoms with van der Waals surface area (Å²) in [7, 11) is 0. The van der Waals surface area contributed by atoms with Gasteiger partial charge >= 0.3 is 0 Å². The molecule has 0 atom stereocenters. The molecule has 1 nitrogen and oxygen atoms in total. The Morgan fingerprint density at radius 1 is 1.36 bits per heavy atom. The van der Waals surface area contributed by atoms with Crippen LogP contribution in [0.1, 0.15) is 33.6 Å². The van der Waals surface area contributed by atoms with Crippen LogP contribution in [-0.2, 0) is 0 Å². The van der Waals surface area contributed by atoms with E-state index in [1.54, 1.807) is 5.57 Å². The zero-order valence-electron chi connectivity index (χ0n) is 7.93. The summed E-state index contributed by atoms with van der Waals surface area (Å²) in [5.74, 6) is 0. The summed E-state index contributed by atoms with van der Waals surface area (Å²) in [6.07, 6.45) is 4.88. The third-order valence-electron chi connectivity index (χ3n) is 2.43. The second-order valence-corrected chi connectivity index (χ2v) is 3.72. The lowest BCUT2D eigenvalue weighted by Gasteiger charge is -2.24. The first-order valence-electron chi connectivity index (χ1n) is 4.60. The van der Waals surface area contributed by atoms with Gasteiger partial charge in [0.25, 0.3) is 0 Å². The molecule has 0 unspecified atom stereocenters. The Morgan fingerprint density at radius 2 is 2.09 bits per heavy atom. The molecule has 1 aliphatic rings. The first-order chi connectivity index (χ1) is 5.20. The molecule has 0 aromatic heterocycles. The van der Waals surface area contributed by atoms with Gasteiger partial charge in [-0.05, 0) is 33.6 Å². The van der Waals surface area contributed by atoms with Crippen LogP contribution in [0.4, 0.5) is 0 Å². The molecule has 0 bridgehead atoms. The average molecular weight is 153 g/mol. The normalized spacial score (nSPS) is 21.6. The van der Waals surface area contributed by atoms with Crippen molar-refractivity contribution in [1.82, 2.24) is 4.90 Å². The van der Waals surface area contributed by atoms with E-state index in [2.05, 4.69) is 31.7 Å². The summed E-state index contributed by atoms with van der Waals surface area (Å²) in [4.78, 5) is 2.55. The molecule has 1 heteroatoms. The Hall–Kier alpha value is -0.300. The van der Waals surface area contributed by atoms with Gasteiger partial charge in [0.05, 0.1) is 0 Å². The van der Waals surface area contributed by atoms with Gasteiger partial charge in [-0.2, -0.15) is 0 Å². The van der Waals surface area contributed by atoms with Crippen LogP contribution in [0.25, 0.3) is 0 Å². The Balaban J connectivity index is 2.41. The third-order valence-corrected chi connectivity index (χ3v) is 2.43. The molecular weight excluding hydrogens is 134 g/mol. The van der Waals surface area contributed by atoms with E-state index < -0.39 is 0 Å². The van der Waals surface area contributed by atoms with Crippen molar-refractivity contribution in [3.63, 3.8) is 0 Å². The van der Waals surface area contributed by atoms with Crippen molar-refractivity contribution in [2.75, 3.05) is 13.1 Å². The smallest absolute Gasteiger partial charge is 0.00388 e. The van der Waals surface area contributed by atoms with Crippen molar-refractivity contribution in [1.29, 1.82) is 0 Å². The van der Waals surface area contributed by atoms with Crippen LogP contribution in [-0.4, -0.2) is 24.0 Å². The molecule has 0 N–H and O–H groups in total. The van der Waals surface area contributed by atoms with Gasteiger partial charge < -0.3 is 4.90 Å². The molecule has 0 aromatic rings. The van der Waals surface area contributed by atoms with Crippen LogP contribution in [0.3, 0.4) is 0 Å². The number of hydrogen-bond donors (Lipinski definition) is 0. The van der Waals surface area contributed by atoms with Crippen LogP contribution >= 0.6 is 0 Å². The van der Waals surface area contributed by atoms with E-state index in [1.807, 2.05) is 0 Å². The molecule has 0 fully saturated rings. The Kier molecular flexibility index (Phi) is 3.13. The van der Waals surface area contributed by atoms with Crippen molar-refractivity contribution in [3.8, 4) is 0 Å². The topological polar surface area (TPSA) is 3.24 Å². The summed E-state index contributed by atoms with van der Waals surface area (Å²) in [5.41, 5.74) is 1.56. The molecule has 0 spiro atoms. The number of rotatable bonds is 1. The van der Waals surface area contributed by atoms with Gasteiger partial charge in [-0.25, -0.2) is 0 Å². The van der Waals surface area contributed by atoms with Crippen LogP contribution in [0, 0.1) is 0 Å². The molecular formula is C10H19N. The highest BCUT2D eigenvalue weighted by molar-refractivity contribution is 5.01. The van der Waals surface area contributed by atoms with Gasteiger partial charge in [0.1, 0.15) is 0 Å². The Labute approximate surface area is 70.1 Å². The fourth-order valence-corrected chi connectivity index (χ4v) is 1.53. The van der Waals surface area contributed by atoms with E-state index in [-0.39, 0.29) is 0 Å². The fourth-order valence-electron chi connectivity index (χ4n) is 1.53. The van der Waals surface area contributed by atoms with Gasteiger partial charge in [-0.1, -0.05) is 11.6 Å². The van der Waals surface area contributed by atoms with E-state index in [4.69, 9.17) is 0 Å². The molecule has 64 valence electrons. The van der Waals surface area contributed by atoms with Gasteiger partial charge in [0.2, 0.25) is 0 Å². The van der Waals surface area contributed by atoms with E-state index in [1.165, 1.54) is 25.9 Å². The molecule has 0 saturated carbocycles. The highest BCUT2D eigenvalue weighted by Crippen LogP contribution is 2.11. The molecule has 1 aliphatic heterocycles. The maximum atomic E-state index is 2.55. The number of nitrogens with zero attached hydrogens (tertiary/aromatic N) is 1. The predicted molar refractivity (Wildman–Crippen MR) is 49.7 cm³/mol. The van der Waals surface area contributed by atoms with Crippen molar-refractivity contribution in [2.45, 2.75) is 39.7 Å². The molecule has 0 radical (unpaired) electrons. The second kappa shape index (κ2) is 3.91. The van der Waals surface area contributed by atoms with E-state index in [0.717, 1.165) is 0 Å². The van der Waals surface area contributed by atoms with Crippen molar-refractivity contribution >= 4 is 0 Å². The summed E-state index contributed by atoms with van der Waals surface area (Å²) < 4.78 is 0. The van der Waals surface area contributed by atoms with Crippen molar-refractivity contribution in [2.24, 2.45) is 0 Å². The Morgan fingerprint density at radius 3 is 2.73 bits per heavy atom. The zero-order valence-corrected chi connectivity index (χ0v) is 7.93. The Bertz CT molecular complexity index is 147. The molecule has 1 heterocycles. The molecule has 0 aromatic carbocycles. The molecule has 0 aliphatic carbocycles. The minimum atomic E-state index is 0.717. The largest absolute Gasteiger partial charge is 0.300 e. The standard InChI is InChI=1S/C10H19N/c1-9(2)11-7-4-5-10(3)6-8-11/h5,9H,4,6-8H2,1-3H3. The zero-order chi connectivity index (χ0) is 8.27. The lowest BCUT2D eigenvalue weighted by atomic mass is 10.2. The average Bonchev–Trinajstić information content (AvgIpc) is 2.13. The molecule has 0 saturated heterocycles. The van der Waals surface area contributed by atoms with Gasteiger partial charge in [0, 0.05) is 19.1 Å². The lowest BCUT2D eigenvalue weighted by Crippen LogP contribution is -2.31. The highest BCUT2D eigenvalue weighted by Gasteiger charge is 2.10. The monoisotopic (exact) mass is 153 g/mol. The van der Waals surface area contributed by atoms with Crippen LogP contribution < -0.4 is 0 Å². The maximum absolute atomic E-state index is 2.55. The van der Waals surface area contributed by atoms with Crippen LogP contribution in [0.5, 0.6) is 0 Å². The van der Waals surface area contributed by atoms with Crippen LogP contribution in [0.2, 0.25) is 0 Å². The lowest BCUT2D eigenvalue weighted by molar-refractivity contribution is 0.233. The number of hydrogen-bond acceptors (Lipinski definition) is 1. The predicted octanol–water partition coefficient (Wildman–Crippen LogP) is 2.44. The first kappa shape index (κ1) is 8.79. The van der Waals surface area contributed by atoms with Crippen LogP contribution in [0.15, 0.2) is 11.6 Å². The van der Waals surface area contributed by atoms with Gasteiger partial charge in [-0.15, -0.1) is 0 Å². The highest BCUT2D eigenvalue weighted by atomic mass is 15.1. The summed E-state index contributed by atoms with van der Waals surface area (Å²) >= 11 is 0. The van der Waals surface area contributed by atoms with Gasteiger partial charge in [-0.3, -0.25) is 0 Å². The molecule has 11 heavy (non-hydrogen) atoms. The second-order valence-electron chi connectivity index (χ2n) is 3.72. The quantitative estimate of drug-likeness (QED) is 0.523. The molecule has 0 amide bonds. The van der Waals surface area contributed by atoms with E-state index in [0.29, 0.717) is 6.04 Å². The van der Waals surface area contributed by atoms with Crippen molar-refractivity contribution < 1.29 is 0 Å². The minimum Gasteiger partial charge on any atom is -0.300 e.